The van der Waals surface area contributed by atoms with Crippen LogP contribution in [0.3, 0.4) is 0 Å². The summed E-state index contributed by atoms with van der Waals surface area (Å²) < 4.78 is 8.01. The quantitative estimate of drug-likeness (QED) is 0.871. The molecule has 0 aromatic carbocycles. The molecular weight excluding hydrogens is 288 g/mol. The Labute approximate surface area is 137 Å². The molecule has 2 aromatic rings. The summed E-state index contributed by atoms with van der Waals surface area (Å²) in [5.41, 5.74) is 2.09. The first-order chi connectivity index (χ1) is 11.4. The lowest BCUT2D eigenvalue weighted by molar-refractivity contribution is 0.0743. The van der Waals surface area contributed by atoms with Gasteiger partial charge in [0.15, 0.2) is 5.65 Å². The second-order valence-corrected chi connectivity index (χ2v) is 6.68. The molecule has 1 atom stereocenters. The van der Waals surface area contributed by atoms with Gasteiger partial charge in [0.05, 0.1) is 6.17 Å². The van der Waals surface area contributed by atoms with Crippen LogP contribution in [-0.4, -0.2) is 45.7 Å². The Hall–Kier alpha value is -1.46. The molecule has 0 amide bonds. The topological polar surface area (TPSA) is 43.2 Å². The van der Waals surface area contributed by atoms with Crippen molar-refractivity contribution in [1.29, 1.82) is 0 Å². The average molecular weight is 314 g/mol. The Morgan fingerprint density at radius 2 is 2.09 bits per heavy atom. The lowest BCUT2D eigenvalue weighted by Gasteiger charge is -2.37. The number of imidazole rings is 1. The maximum atomic E-state index is 5.56. The van der Waals surface area contributed by atoms with Crippen LogP contribution in [0.25, 0.3) is 11.2 Å². The van der Waals surface area contributed by atoms with E-state index in [1.165, 1.54) is 31.6 Å². The number of rotatable bonds is 3. The fourth-order valence-corrected chi connectivity index (χ4v) is 4.12. The van der Waals surface area contributed by atoms with Gasteiger partial charge < -0.3 is 4.74 Å². The number of ether oxygens (including phenoxy) is 1. The van der Waals surface area contributed by atoms with Gasteiger partial charge in [0, 0.05) is 31.9 Å². The standard InChI is InChI=1S/C18H26N4O/c1-2-21-11-4-3-7-16(21)22-17(14-8-12-23-13-9-14)20-15-6-5-10-19-18(15)22/h5-6,10,14,16H,2-4,7-9,11-13H2,1H3. The van der Waals surface area contributed by atoms with Crippen molar-refractivity contribution >= 4 is 11.2 Å². The molecule has 23 heavy (non-hydrogen) atoms. The van der Waals surface area contributed by atoms with Gasteiger partial charge in [0.25, 0.3) is 0 Å². The number of hydrogen-bond acceptors (Lipinski definition) is 4. The van der Waals surface area contributed by atoms with E-state index >= 15 is 0 Å². The molecule has 4 heterocycles. The Morgan fingerprint density at radius 1 is 1.22 bits per heavy atom. The summed E-state index contributed by atoms with van der Waals surface area (Å²) in [7, 11) is 0. The number of aromatic nitrogens is 3. The van der Waals surface area contributed by atoms with E-state index in [4.69, 9.17) is 9.72 Å². The van der Waals surface area contributed by atoms with Crippen molar-refractivity contribution in [3.63, 3.8) is 0 Å². The van der Waals surface area contributed by atoms with Gasteiger partial charge in [-0.15, -0.1) is 0 Å². The van der Waals surface area contributed by atoms with Crippen LogP contribution in [-0.2, 0) is 4.74 Å². The monoisotopic (exact) mass is 314 g/mol. The lowest BCUT2D eigenvalue weighted by Crippen LogP contribution is -2.38. The second kappa shape index (κ2) is 6.57. The molecule has 0 radical (unpaired) electrons. The maximum Gasteiger partial charge on any atom is 0.161 e. The zero-order valence-corrected chi connectivity index (χ0v) is 13.9. The van der Waals surface area contributed by atoms with Crippen molar-refractivity contribution in [2.45, 2.75) is 51.1 Å². The van der Waals surface area contributed by atoms with E-state index in [1.54, 1.807) is 0 Å². The average Bonchev–Trinajstić information content (AvgIpc) is 3.02. The number of nitrogens with zero attached hydrogens (tertiary/aromatic N) is 4. The Kier molecular flexibility index (Phi) is 4.31. The molecule has 124 valence electrons. The fourth-order valence-electron chi connectivity index (χ4n) is 4.12. The van der Waals surface area contributed by atoms with E-state index < -0.39 is 0 Å². The van der Waals surface area contributed by atoms with E-state index in [9.17, 15) is 0 Å². The SMILES string of the molecule is CCN1CCCCC1n1c(C2CCOCC2)nc2cccnc21. The van der Waals surface area contributed by atoms with Crippen molar-refractivity contribution in [1.82, 2.24) is 19.4 Å². The lowest BCUT2D eigenvalue weighted by atomic mass is 9.98. The van der Waals surface area contributed by atoms with E-state index in [-0.39, 0.29) is 0 Å². The normalized spacial score (nSPS) is 24.3. The van der Waals surface area contributed by atoms with Gasteiger partial charge in [-0.3, -0.25) is 9.47 Å². The zero-order chi connectivity index (χ0) is 15.6. The molecule has 2 aromatic heterocycles. The van der Waals surface area contributed by atoms with Crippen LogP contribution in [0.1, 0.15) is 56.9 Å². The number of piperidine rings is 1. The highest BCUT2D eigenvalue weighted by atomic mass is 16.5. The van der Waals surface area contributed by atoms with Gasteiger partial charge in [0.2, 0.25) is 0 Å². The number of fused-ring (bicyclic) bond motifs is 1. The van der Waals surface area contributed by atoms with Gasteiger partial charge in [-0.2, -0.15) is 0 Å². The fraction of sp³-hybridized carbons (Fsp3) is 0.667. The van der Waals surface area contributed by atoms with Crippen LogP contribution in [0.5, 0.6) is 0 Å². The first-order valence-corrected chi connectivity index (χ1v) is 9.03. The van der Waals surface area contributed by atoms with Crippen LogP contribution >= 0.6 is 0 Å². The highest BCUT2D eigenvalue weighted by molar-refractivity contribution is 5.71. The van der Waals surface area contributed by atoms with Gasteiger partial charge in [-0.1, -0.05) is 6.92 Å². The van der Waals surface area contributed by atoms with Crippen molar-refractivity contribution in [3.8, 4) is 0 Å². The molecule has 0 N–H and O–H groups in total. The second-order valence-electron chi connectivity index (χ2n) is 6.68. The summed E-state index contributed by atoms with van der Waals surface area (Å²) in [6.45, 7) is 6.23. The molecule has 2 aliphatic heterocycles. The molecule has 4 rings (SSSR count). The first-order valence-electron chi connectivity index (χ1n) is 9.03. The van der Waals surface area contributed by atoms with Crippen molar-refractivity contribution in [3.05, 3.63) is 24.2 Å². The summed E-state index contributed by atoms with van der Waals surface area (Å²) in [5.74, 6) is 1.73. The van der Waals surface area contributed by atoms with E-state index in [2.05, 4.69) is 27.4 Å². The first kappa shape index (κ1) is 15.1. The number of hydrogen-bond donors (Lipinski definition) is 0. The number of likely N-dealkylation sites (tertiary alicyclic amines) is 1. The zero-order valence-electron chi connectivity index (χ0n) is 13.9. The predicted octanol–water partition coefficient (Wildman–Crippen LogP) is 3.33. The third-order valence-electron chi connectivity index (χ3n) is 5.35. The molecule has 2 saturated heterocycles. The Morgan fingerprint density at radius 3 is 2.91 bits per heavy atom. The Bertz CT molecular complexity index is 662. The largest absolute Gasteiger partial charge is 0.381 e. The predicted molar refractivity (Wildman–Crippen MR) is 90.5 cm³/mol. The molecule has 1 unspecified atom stereocenters. The molecule has 0 aliphatic carbocycles. The van der Waals surface area contributed by atoms with Crippen LogP contribution in [0.4, 0.5) is 0 Å². The van der Waals surface area contributed by atoms with Gasteiger partial charge in [-0.25, -0.2) is 9.97 Å². The minimum atomic E-state index is 0.409. The molecule has 2 fully saturated rings. The molecule has 0 bridgehead atoms. The molecule has 5 heteroatoms. The van der Waals surface area contributed by atoms with Crippen LogP contribution in [0.2, 0.25) is 0 Å². The smallest absolute Gasteiger partial charge is 0.161 e. The third kappa shape index (κ3) is 2.76. The molecule has 5 nitrogen and oxygen atoms in total. The van der Waals surface area contributed by atoms with E-state index in [1.807, 2.05) is 12.3 Å². The summed E-state index contributed by atoms with van der Waals surface area (Å²) in [5, 5.41) is 0. The maximum absolute atomic E-state index is 5.56. The van der Waals surface area contributed by atoms with Gasteiger partial charge >= 0.3 is 0 Å². The van der Waals surface area contributed by atoms with Gasteiger partial charge in [0.1, 0.15) is 11.3 Å². The summed E-state index contributed by atoms with van der Waals surface area (Å²) in [4.78, 5) is 12.3. The summed E-state index contributed by atoms with van der Waals surface area (Å²) >= 11 is 0. The third-order valence-corrected chi connectivity index (χ3v) is 5.35. The van der Waals surface area contributed by atoms with Crippen molar-refractivity contribution in [2.75, 3.05) is 26.3 Å². The van der Waals surface area contributed by atoms with Crippen LogP contribution in [0, 0.1) is 0 Å². The van der Waals surface area contributed by atoms with Gasteiger partial charge in [-0.05, 0) is 50.8 Å². The molecule has 2 aliphatic rings. The number of pyridine rings is 1. The summed E-state index contributed by atoms with van der Waals surface area (Å²) in [6, 6.07) is 4.09. The highest BCUT2D eigenvalue weighted by Crippen LogP contribution is 2.35. The minimum absolute atomic E-state index is 0.409. The van der Waals surface area contributed by atoms with Crippen molar-refractivity contribution < 1.29 is 4.74 Å². The summed E-state index contributed by atoms with van der Waals surface area (Å²) in [6.07, 6.45) is 8.24. The minimum Gasteiger partial charge on any atom is -0.381 e. The van der Waals surface area contributed by atoms with Crippen molar-refractivity contribution in [2.24, 2.45) is 0 Å². The van der Waals surface area contributed by atoms with Crippen LogP contribution < -0.4 is 0 Å². The molecule has 0 saturated carbocycles. The molecule has 0 spiro atoms. The highest BCUT2D eigenvalue weighted by Gasteiger charge is 2.30. The van der Waals surface area contributed by atoms with Crippen LogP contribution in [0.15, 0.2) is 18.3 Å². The van der Waals surface area contributed by atoms with E-state index in [0.29, 0.717) is 12.1 Å². The van der Waals surface area contributed by atoms with E-state index in [0.717, 1.165) is 43.8 Å². The molecular formula is C18H26N4O. The Balaban J connectivity index is 1.81.